The fraction of sp³-hybridized carbons (Fsp3) is 0.158. The summed E-state index contributed by atoms with van der Waals surface area (Å²) in [5.74, 6) is -2.06. The number of hydrogen-bond donors (Lipinski definition) is 3. The van der Waals surface area contributed by atoms with E-state index in [-0.39, 0.29) is 17.7 Å². The smallest absolute Gasteiger partial charge is 0.325 e. The number of alkyl halides is 2. The molecular weight excluding hydrogens is 386 g/mol. The lowest BCUT2D eigenvalue weighted by Crippen LogP contribution is -2.30. The molecule has 0 bridgehead atoms. The average molecular weight is 402 g/mol. The van der Waals surface area contributed by atoms with E-state index in [1.165, 1.54) is 37.4 Å². The lowest BCUT2D eigenvalue weighted by Gasteiger charge is -2.08. The van der Waals surface area contributed by atoms with Gasteiger partial charge in [-0.25, -0.2) is 13.8 Å². The number of rotatable bonds is 6. The summed E-state index contributed by atoms with van der Waals surface area (Å²) < 4.78 is 29.9. The maximum Gasteiger partial charge on any atom is 0.325 e. The van der Waals surface area contributed by atoms with Crippen molar-refractivity contribution in [2.75, 3.05) is 19.0 Å². The van der Waals surface area contributed by atoms with Crippen LogP contribution < -0.4 is 10.6 Å². The van der Waals surface area contributed by atoms with E-state index in [1.54, 1.807) is 12.1 Å². The molecule has 0 radical (unpaired) electrons. The van der Waals surface area contributed by atoms with Gasteiger partial charge in [-0.1, -0.05) is 6.07 Å². The van der Waals surface area contributed by atoms with Gasteiger partial charge < -0.3 is 20.4 Å². The lowest BCUT2D eigenvalue weighted by atomic mass is 10.1. The molecule has 3 aromatic rings. The van der Waals surface area contributed by atoms with Gasteiger partial charge in [-0.15, -0.1) is 0 Å². The van der Waals surface area contributed by atoms with Crippen LogP contribution in [0.1, 0.15) is 33.0 Å². The normalized spacial score (nSPS) is 10.8. The number of esters is 1. The Morgan fingerprint density at radius 1 is 1.10 bits per heavy atom. The lowest BCUT2D eigenvalue weighted by molar-refractivity contribution is -0.139. The standard InChI is InChI=1S/C19H16F2N4O4/c1-29-15(26)9-22-18(27)10-3-2-4-12(7-10)23-19(28)11-5-6-13-14(8-11)25-17(24-13)16(20)21/h2-8,16H,9H2,1H3,(H,22,27)(H,23,28)(H,24,25). The predicted octanol–water partition coefficient (Wildman–Crippen LogP) is 2.66. The molecule has 0 unspecified atom stereocenters. The highest BCUT2D eigenvalue weighted by atomic mass is 19.3. The summed E-state index contributed by atoms with van der Waals surface area (Å²) in [6, 6.07) is 10.4. The Hall–Kier alpha value is -3.82. The number of nitrogens with one attached hydrogen (secondary N) is 3. The summed E-state index contributed by atoms with van der Waals surface area (Å²) in [5, 5.41) is 5.03. The first kappa shape index (κ1) is 19.9. The van der Waals surface area contributed by atoms with Gasteiger partial charge in [0.05, 0.1) is 18.1 Å². The van der Waals surface area contributed by atoms with Crippen LogP contribution >= 0.6 is 0 Å². The van der Waals surface area contributed by atoms with Gasteiger partial charge in [0, 0.05) is 16.8 Å². The molecule has 0 aliphatic rings. The number of halogens is 2. The molecule has 0 spiro atoms. The largest absolute Gasteiger partial charge is 0.468 e. The fourth-order valence-electron chi connectivity index (χ4n) is 2.54. The third-order valence-corrected chi connectivity index (χ3v) is 3.97. The summed E-state index contributed by atoms with van der Waals surface area (Å²) in [7, 11) is 1.21. The first-order valence-electron chi connectivity index (χ1n) is 8.41. The number of aromatic nitrogens is 2. The van der Waals surface area contributed by atoms with Crippen LogP contribution in [0.3, 0.4) is 0 Å². The van der Waals surface area contributed by atoms with Crippen LogP contribution in [0.5, 0.6) is 0 Å². The summed E-state index contributed by atoms with van der Waals surface area (Å²) in [6.07, 6.45) is -2.74. The van der Waals surface area contributed by atoms with Crippen molar-refractivity contribution in [2.24, 2.45) is 0 Å². The van der Waals surface area contributed by atoms with E-state index in [9.17, 15) is 23.2 Å². The number of H-pyrrole nitrogens is 1. The van der Waals surface area contributed by atoms with Crippen LogP contribution in [0.4, 0.5) is 14.5 Å². The van der Waals surface area contributed by atoms with E-state index >= 15 is 0 Å². The van der Waals surface area contributed by atoms with Crippen molar-refractivity contribution in [2.45, 2.75) is 6.43 Å². The van der Waals surface area contributed by atoms with E-state index in [4.69, 9.17) is 0 Å². The minimum Gasteiger partial charge on any atom is -0.468 e. The third-order valence-electron chi connectivity index (χ3n) is 3.97. The number of imidazole rings is 1. The summed E-state index contributed by atoms with van der Waals surface area (Å²) in [4.78, 5) is 41.9. The Kier molecular flexibility index (Phi) is 5.82. The van der Waals surface area contributed by atoms with E-state index in [0.29, 0.717) is 16.7 Å². The predicted molar refractivity (Wildman–Crippen MR) is 99.8 cm³/mol. The monoisotopic (exact) mass is 402 g/mol. The summed E-state index contributed by atoms with van der Waals surface area (Å²) in [5.41, 5.74) is 1.43. The van der Waals surface area contributed by atoms with Crippen molar-refractivity contribution < 1.29 is 27.9 Å². The molecule has 0 aliphatic heterocycles. The Labute approximate surface area is 163 Å². The molecule has 3 N–H and O–H groups in total. The van der Waals surface area contributed by atoms with Crippen molar-refractivity contribution in [3.05, 3.63) is 59.4 Å². The highest BCUT2D eigenvalue weighted by Crippen LogP contribution is 2.21. The average Bonchev–Trinajstić information content (AvgIpc) is 3.15. The van der Waals surface area contributed by atoms with Gasteiger partial charge in [0.25, 0.3) is 18.2 Å². The van der Waals surface area contributed by atoms with Crippen molar-refractivity contribution in [1.82, 2.24) is 15.3 Å². The Bertz CT molecular complexity index is 1080. The third kappa shape index (κ3) is 4.72. The molecule has 2 amide bonds. The zero-order valence-corrected chi connectivity index (χ0v) is 15.2. The van der Waals surface area contributed by atoms with E-state index < -0.39 is 30.0 Å². The molecule has 0 saturated heterocycles. The van der Waals surface area contributed by atoms with Crippen LogP contribution in [-0.4, -0.2) is 41.4 Å². The van der Waals surface area contributed by atoms with Crippen LogP contribution in [-0.2, 0) is 9.53 Å². The van der Waals surface area contributed by atoms with E-state index in [2.05, 4.69) is 25.3 Å². The highest BCUT2D eigenvalue weighted by Gasteiger charge is 2.15. The second-order valence-electron chi connectivity index (χ2n) is 5.95. The highest BCUT2D eigenvalue weighted by molar-refractivity contribution is 6.06. The number of aromatic amines is 1. The van der Waals surface area contributed by atoms with Crippen molar-refractivity contribution in [1.29, 1.82) is 0 Å². The number of carbonyl (C=O) groups excluding carboxylic acids is 3. The number of hydrogen-bond acceptors (Lipinski definition) is 5. The molecule has 29 heavy (non-hydrogen) atoms. The number of methoxy groups -OCH3 is 1. The molecule has 1 heterocycles. The van der Waals surface area contributed by atoms with Gasteiger partial charge in [0.1, 0.15) is 6.54 Å². The van der Waals surface area contributed by atoms with E-state index in [0.717, 1.165) is 0 Å². The molecule has 10 heteroatoms. The Morgan fingerprint density at radius 3 is 2.59 bits per heavy atom. The van der Waals surface area contributed by atoms with Gasteiger partial charge in [-0.05, 0) is 36.4 Å². The number of benzene rings is 2. The van der Waals surface area contributed by atoms with Crippen LogP contribution in [0, 0.1) is 0 Å². The van der Waals surface area contributed by atoms with E-state index in [1.807, 2.05) is 0 Å². The molecule has 1 aromatic heterocycles. The minimum atomic E-state index is -2.74. The molecular formula is C19H16F2N4O4. The van der Waals surface area contributed by atoms with Crippen LogP contribution in [0.25, 0.3) is 11.0 Å². The number of nitrogens with zero attached hydrogens (tertiary/aromatic N) is 1. The second-order valence-corrected chi connectivity index (χ2v) is 5.95. The van der Waals surface area contributed by atoms with Crippen molar-refractivity contribution in [3.63, 3.8) is 0 Å². The fourth-order valence-corrected chi connectivity index (χ4v) is 2.54. The Morgan fingerprint density at radius 2 is 1.86 bits per heavy atom. The molecule has 0 aliphatic carbocycles. The minimum absolute atomic E-state index is 0.225. The van der Waals surface area contributed by atoms with Gasteiger partial charge in [-0.3, -0.25) is 14.4 Å². The van der Waals surface area contributed by atoms with Gasteiger partial charge in [-0.2, -0.15) is 0 Å². The second kappa shape index (κ2) is 8.46. The zero-order valence-electron chi connectivity index (χ0n) is 15.2. The van der Waals surface area contributed by atoms with Gasteiger partial charge in [0.2, 0.25) is 0 Å². The molecule has 8 nitrogen and oxygen atoms in total. The van der Waals surface area contributed by atoms with Gasteiger partial charge >= 0.3 is 5.97 Å². The van der Waals surface area contributed by atoms with Crippen molar-refractivity contribution >= 4 is 34.5 Å². The molecule has 2 aromatic carbocycles. The first-order valence-corrected chi connectivity index (χ1v) is 8.41. The topological polar surface area (TPSA) is 113 Å². The molecule has 0 saturated carbocycles. The number of fused-ring (bicyclic) bond motifs is 1. The van der Waals surface area contributed by atoms with Crippen LogP contribution in [0.2, 0.25) is 0 Å². The maximum absolute atomic E-state index is 12.7. The maximum atomic E-state index is 12.7. The molecule has 3 rings (SSSR count). The Balaban J connectivity index is 1.72. The quantitative estimate of drug-likeness (QED) is 0.549. The zero-order chi connectivity index (χ0) is 21.0. The summed E-state index contributed by atoms with van der Waals surface area (Å²) in [6.45, 7) is -0.281. The number of ether oxygens (including phenoxy) is 1. The van der Waals surface area contributed by atoms with Crippen LogP contribution in [0.15, 0.2) is 42.5 Å². The molecule has 0 atom stereocenters. The SMILES string of the molecule is COC(=O)CNC(=O)c1cccc(NC(=O)c2ccc3nc(C(F)F)[nH]c3c2)c1. The number of amides is 2. The first-order chi connectivity index (χ1) is 13.9. The van der Waals surface area contributed by atoms with Gasteiger partial charge in [0.15, 0.2) is 5.82 Å². The number of carbonyl (C=O) groups is 3. The summed E-state index contributed by atoms with van der Waals surface area (Å²) >= 11 is 0. The molecule has 0 fully saturated rings. The van der Waals surface area contributed by atoms with Crippen molar-refractivity contribution in [3.8, 4) is 0 Å². The number of anilines is 1. The molecule has 150 valence electrons.